The van der Waals surface area contributed by atoms with Crippen molar-refractivity contribution in [2.75, 3.05) is 5.32 Å². The van der Waals surface area contributed by atoms with E-state index in [0.717, 1.165) is 12.2 Å². The normalized spacial score (nSPS) is 31.1. The number of carboxylic acids is 1. The maximum Gasteiger partial charge on any atom is 0.307 e. The van der Waals surface area contributed by atoms with Gasteiger partial charge in [-0.05, 0) is 73.4 Å². The Hall–Kier alpha value is -3.08. The molecule has 4 aliphatic rings. The zero-order chi connectivity index (χ0) is 20.1. The fraction of sp³-hybridized carbons (Fsp3) is 0.333. The van der Waals surface area contributed by atoms with Crippen LogP contribution in [0.5, 0.6) is 11.5 Å². The van der Waals surface area contributed by atoms with Gasteiger partial charge in [-0.1, -0.05) is 29.8 Å². The fourth-order valence-corrected chi connectivity index (χ4v) is 5.14. The van der Waals surface area contributed by atoms with Gasteiger partial charge in [-0.15, -0.1) is 0 Å². The number of anilines is 1. The Bertz CT molecular complexity index is 979. The van der Waals surface area contributed by atoms with Gasteiger partial charge >= 0.3 is 5.97 Å². The zero-order valence-electron chi connectivity index (χ0n) is 16.1. The fourth-order valence-electron chi connectivity index (χ4n) is 5.14. The van der Waals surface area contributed by atoms with Crippen molar-refractivity contribution in [3.8, 4) is 11.5 Å². The van der Waals surface area contributed by atoms with Gasteiger partial charge in [0.05, 0.1) is 11.8 Å². The van der Waals surface area contributed by atoms with E-state index in [1.54, 1.807) is 24.3 Å². The number of hydrogen-bond donors (Lipinski definition) is 2. The molecule has 5 nitrogen and oxygen atoms in total. The van der Waals surface area contributed by atoms with Crippen LogP contribution < -0.4 is 10.1 Å². The van der Waals surface area contributed by atoms with Crippen molar-refractivity contribution in [1.82, 2.24) is 0 Å². The maximum absolute atomic E-state index is 13.0. The van der Waals surface area contributed by atoms with Crippen molar-refractivity contribution in [1.29, 1.82) is 0 Å². The summed E-state index contributed by atoms with van der Waals surface area (Å²) >= 11 is 0. The molecule has 29 heavy (non-hydrogen) atoms. The van der Waals surface area contributed by atoms with Crippen LogP contribution in [0.1, 0.15) is 12.0 Å². The van der Waals surface area contributed by atoms with Crippen LogP contribution in [0.15, 0.2) is 60.7 Å². The predicted molar refractivity (Wildman–Crippen MR) is 109 cm³/mol. The van der Waals surface area contributed by atoms with Gasteiger partial charge in [-0.25, -0.2) is 0 Å². The summed E-state index contributed by atoms with van der Waals surface area (Å²) in [5.41, 5.74) is 1.81. The molecule has 0 unspecified atom stereocenters. The van der Waals surface area contributed by atoms with E-state index < -0.39 is 17.8 Å². The monoisotopic (exact) mass is 389 g/mol. The summed E-state index contributed by atoms with van der Waals surface area (Å²) in [6, 6.07) is 15.0. The van der Waals surface area contributed by atoms with Crippen molar-refractivity contribution in [2.45, 2.75) is 13.3 Å². The Kier molecular flexibility index (Phi) is 4.19. The summed E-state index contributed by atoms with van der Waals surface area (Å²) in [6.07, 6.45) is 5.14. The number of ether oxygens (including phenoxy) is 1. The Morgan fingerprint density at radius 3 is 2.03 bits per heavy atom. The van der Waals surface area contributed by atoms with Crippen LogP contribution in [0.2, 0.25) is 0 Å². The smallest absolute Gasteiger partial charge is 0.307 e. The number of nitrogens with one attached hydrogen (secondary N) is 1. The van der Waals surface area contributed by atoms with Crippen molar-refractivity contribution in [3.63, 3.8) is 0 Å². The average molecular weight is 389 g/mol. The highest BCUT2D eigenvalue weighted by atomic mass is 16.5. The Balaban J connectivity index is 1.29. The van der Waals surface area contributed by atoms with E-state index in [2.05, 4.69) is 11.4 Å². The highest BCUT2D eigenvalue weighted by Gasteiger charge is 2.62. The van der Waals surface area contributed by atoms with Gasteiger partial charge in [-0.3, -0.25) is 9.59 Å². The molecular weight excluding hydrogens is 366 g/mol. The van der Waals surface area contributed by atoms with Crippen molar-refractivity contribution in [2.24, 2.45) is 35.5 Å². The topological polar surface area (TPSA) is 75.6 Å². The number of carboxylic acid groups (broad SMARTS) is 1. The molecule has 6 atom stereocenters. The van der Waals surface area contributed by atoms with Crippen LogP contribution in [0.4, 0.5) is 5.69 Å². The number of benzene rings is 2. The van der Waals surface area contributed by atoms with Crippen LogP contribution in [-0.4, -0.2) is 17.0 Å². The van der Waals surface area contributed by atoms with Gasteiger partial charge in [0.2, 0.25) is 5.91 Å². The number of aryl methyl sites for hydroxylation is 1. The summed E-state index contributed by atoms with van der Waals surface area (Å²) < 4.78 is 5.82. The van der Waals surface area contributed by atoms with E-state index in [0.29, 0.717) is 23.3 Å². The lowest BCUT2D eigenvalue weighted by Gasteiger charge is -2.41. The number of rotatable bonds is 5. The third kappa shape index (κ3) is 3.20. The van der Waals surface area contributed by atoms with Gasteiger partial charge < -0.3 is 15.2 Å². The first kappa shape index (κ1) is 18.0. The van der Waals surface area contributed by atoms with Gasteiger partial charge in [0.1, 0.15) is 11.5 Å². The van der Waals surface area contributed by atoms with Crippen LogP contribution >= 0.6 is 0 Å². The van der Waals surface area contributed by atoms with E-state index in [4.69, 9.17) is 4.74 Å². The molecule has 2 saturated carbocycles. The molecule has 2 fully saturated rings. The molecule has 4 aliphatic carbocycles. The number of aliphatic carboxylic acids is 1. The highest BCUT2D eigenvalue weighted by Crippen LogP contribution is 2.63. The van der Waals surface area contributed by atoms with Crippen molar-refractivity contribution >= 4 is 17.6 Å². The number of amides is 1. The van der Waals surface area contributed by atoms with E-state index in [1.165, 1.54) is 5.56 Å². The molecule has 2 aromatic rings. The molecule has 5 heteroatoms. The molecule has 2 bridgehead atoms. The molecule has 1 amide bonds. The van der Waals surface area contributed by atoms with Crippen LogP contribution in [0.3, 0.4) is 0 Å². The largest absolute Gasteiger partial charge is 0.481 e. The summed E-state index contributed by atoms with van der Waals surface area (Å²) in [7, 11) is 0. The second kappa shape index (κ2) is 6.76. The summed E-state index contributed by atoms with van der Waals surface area (Å²) in [6.45, 7) is 2.02. The third-order valence-electron chi connectivity index (χ3n) is 6.62. The molecule has 0 heterocycles. The van der Waals surface area contributed by atoms with Crippen LogP contribution in [0, 0.1) is 42.4 Å². The predicted octanol–water partition coefficient (Wildman–Crippen LogP) is 4.49. The number of fused-ring (bicyclic) bond motifs is 1. The second-order valence-electron chi connectivity index (χ2n) is 8.42. The van der Waals surface area contributed by atoms with E-state index in [1.807, 2.05) is 37.3 Å². The van der Waals surface area contributed by atoms with Gasteiger partial charge in [0.15, 0.2) is 0 Å². The molecule has 0 saturated heterocycles. The van der Waals surface area contributed by atoms with Crippen LogP contribution in [0.25, 0.3) is 0 Å². The van der Waals surface area contributed by atoms with E-state index in [9.17, 15) is 14.7 Å². The molecule has 0 spiro atoms. The summed E-state index contributed by atoms with van der Waals surface area (Å²) in [5, 5.41) is 12.7. The minimum atomic E-state index is -0.864. The van der Waals surface area contributed by atoms with E-state index in [-0.39, 0.29) is 17.7 Å². The second-order valence-corrected chi connectivity index (χ2v) is 8.42. The molecule has 148 valence electrons. The van der Waals surface area contributed by atoms with Gasteiger partial charge in [0.25, 0.3) is 0 Å². The molecule has 0 aromatic heterocycles. The quantitative estimate of drug-likeness (QED) is 0.739. The minimum absolute atomic E-state index is 0.0106. The van der Waals surface area contributed by atoms with E-state index >= 15 is 0 Å². The standard InChI is InChI=1S/C24H23NO4/c1-13-2-6-15(7-3-13)29-16-8-4-14(5-9-16)25-23(26)21-17-10-11-18(20-12-19(17)20)22(21)24(27)28/h2-11,17-22H,12H2,1H3,(H,25,26)(H,27,28)/t17-,18+,19+,20+,21+,22-/m0/s1. The third-order valence-corrected chi connectivity index (χ3v) is 6.62. The summed E-state index contributed by atoms with van der Waals surface area (Å²) in [5.74, 6) is 0.184. The first-order valence-electron chi connectivity index (χ1n) is 10.1. The average Bonchev–Trinajstić information content (AvgIpc) is 3.53. The molecule has 2 N–H and O–H groups in total. The number of allylic oxidation sites excluding steroid dienone is 2. The SMILES string of the molecule is Cc1ccc(Oc2ccc(NC(=O)[C@@H]3[C@H]4C=C[C@H]([C@H]5C[C@H]45)[C@@H]3C(=O)O)cc2)cc1. The van der Waals surface area contributed by atoms with Gasteiger partial charge in [-0.2, -0.15) is 0 Å². The lowest BCUT2D eigenvalue weighted by atomic mass is 9.62. The molecule has 6 rings (SSSR count). The lowest BCUT2D eigenvalue weighted by Crippen LogP contribution is -2.48. The Morgan fingerprint density at radius 2 is 1.45 bits per heavy atom. The highest BCUT2D eigenvalue weighted by molar-refractivity contribution is 5.96. The number of carbonyl (C=O) groups excluding carboxylic acids is 1. The van der Waals surface area contributed by atoms with Gasteiger partial charge in [0, 0.05) is 5.69 Å². The Labute approximate surface area is 169 Å². The number of carbonyl (C=O) groups is 2. The minimum Gasteiger partial charge on any atom is -0.481 e. The van der Waals surface area contributed by atoms with Crippen molar-refractivity contribution < 1.29 is 19.4 Å². The molecular formula is C24H23NO4. The zero-order valence-corrected chi connectivity index (χ0v) is 16.1. The first-order chi connectivity index (χ1) is 14.0. The molecule has 0 radical (unpaired) electrons. The van der Waals surface area contributed by atoms with Crippen molar-refractivity contribution in [3.05, 3.63) is 66.2 Å². The maximum atomic E-state index is 13.0. The molecule has 0 aliphatic heterocycles. The van der Waals surface area contributed by atoms with Crippen LogP contribution in [-0.2, 0) is 9.59 Å². The lowest BCUT2D eigenvalue weighted by molar-refractivity contribution is -0.152. The number of hydrogen-bond acceptors (Lipinski definition) is 3. The first-order valence-corrected chi connectivity index (χ1v) is 10.1. The Morgan fingerprint density at radius 1 is 0.897 bits per heavy atom. The summed E-state index contributed by atoms with van der Waals surface area (Å²) in [4.78, 5) is 24.9. The molecule has 2 aromatic carbocycles.